The van der Waals surface area contributed by atoms with Crippen molar-refractivity contribution in [1.29, 1.82) is 0 Å². The van der Waals surface area contributed by atoms with Gasteiger partial charge < -0.3 is 5.11 Å². The second-order valence-electron chi connectivity index (χ2n) is 2.38. The summed E-state index contributed by atoms with van der Waals surface area (Å²) in [6.45, 7) is 3.27. The first-order chi connectivity index (χ1) is 4.45. The Balaban J connectivity index is 4.38. The Morgan fingerprint density at radius 3 is 2.10 bits per heavy atom. The van der Waals surface area contributed by atoms with Gasteiger partial charge in [0.1, 0.15) is 4.84 Å². The third-order valence-electron chi connectivity index (χ3n) is 1.70. The van der Waals surface area contributed by atoms with E-state index in [2.05, 4.69) is 0 Å². The van der Waals surface area contributed by atoms with E-state index in [4.69, 9.17) is 28.3 Å². The summed E-state index contributed by atoms with van der Waals surface area (Å²) in [5.41, 5.74) is -1.01. The highest BCUT2D eigenvalue weighted by molar-refractivity contribution is 6.45. The van der Waals surface area contributed by atoms with Crippen LogP contribution in [0.4, 0.5) is 0 Å². The average Bonchev–Trinajstić information content (AvgIpc) is 1.85. The van der Waals surface area contributed by atoms with Crippen molar-refractivity contribution >= 4 is 29.2 Å². The summed E-state index contributed by atoms with van der Waals surface area (Å²) < 4.78 is 0. The van der Waals surface area contributed by atoms with Crippen molar-refractivity contribution in [1.82, 2.24) is 0 Å². The molecule has 60 valence electrons. The lowest BCUT2D eigenvalue weighted by atomic mass is 9.90. The van der Waals surface area contributed by atoms with Crippen LogP contribution < -0.4 is 0 Å². The minimum absolute atomic E-state index is 0.431. The second-order valence-corrected chi connectivity index (χ2v) is 3.47. The fourth-order valence-corrected chi connectivity index (χ4v) is 0.894. The molecule has 0 aromatic heterocycles. The molecule has 0 aliphatic carbocycles. The van der Waals surface area contributed by atoms with Crippen LogP contribution in [0, 0.1) is 5.41 Å². The van der Waals surface area contributed by atoms with Crippen molar-refractivity contribution in [3.63, 3.8) is 0 Å². The molecule has 0 saturated carbocycles. The molecule has 0 radical (unpaired) electrons. The van der Waals surface area contributed by atoms with E-state index in [0.717, 1.165) is 0 Å². The molecule has 0 saturated heterocycles. The molecule has 1 unspecified atom stereocenters. The fourth-order valence-electron chi connectivity index (χ4n) is 0.399. The molecule has 0 aromatic rings. The first-order valence-electron chi connectivity index (χ1n) is 2.96. The quantitative estimate of drug-likeness (QED) is 0.684. The first kappa shape index (κ1) is 10.0. The molecule has 0 bridgehead atoms. The van der Waals surface area contributed by atoms with Gasteiger partial charge in [-0.05, 0) is 13.3 Å². The molecule has 0 aromatic carbocycles. The number of carbonyl (C=O) groups is 1. The average molecular weight is 185 g/mol. The van der Waals surface area contributed by atoms with Gasteiger partial charge in [-0.3, -0.25) is 4.79 Å². The smallest absolute Gasteiger partial charge is 0.312 e. The molecule has 1 N–H and O–H groups in total. The van der Waals surface area contributed by atoms with Crippen LogP contribution in [0.2, 0.25) is 0 Å². The van der Waals surface area contributed by atoms with Gasteiger partial charge >= 0.3 is 5.97 Å². The topological polar surface area (TPSA) is 37.3 Å². The van der Waals surface area contributed by atoms with E-state index in [1.807, 2.05) is 0 Å². The molecule has 0 amide bonds. The Labute approximate surface area is 70.1 Å². The minimum atomic E-state index is -1.01. The summed E-state index contributed by atoms with van der Waals surface area (Å²) in [5.74, 6) is -0.954. The van der Waals surface area contributed by atoms with Crippen LogP contribution in [0.3, 0.4) is 0 Å². The highest BCUT2D eigenvalue weighted by atomic mass is 35.5. The SMILES string of the molecule is CCC(C)(C(=O)O)C(Cl)Cl. The molecule has 4 heteroatoms. The lowest BCUT2D eigenvalue weighted by Crippen LogP contribution is -2.33. The van der Waals surface area contributed by atoms with Crippen LogP contribution in [0.1, 0.15) is 20.3 Å². The van der Waals surface area contributed by atoms with Crippen LogP contribution in [0.25, 0.3) is 0 Å². The molecule has 0 aliphatic rings. The highest BCUT2D eigenvalue weighted by Crippen LogP contribution is 2.32. The summed E-state index contributed by atoms with van der Waals surface area (Å²) in [4.78, 5) is 9.67. The Kier molecular flexibility index (Phi) is 3.46. The predicted molar refractivity (Wildman–Crippen MR) is 41.5 cm³/mol. The van der Waals surface area contributed by atoms with Crippen molar-refractivity contribution in [2.75, 3.05) is 0 Å². The van der Waals surface area contributed by atoms with Crippen molar-refractivity contribution in [3.05, 3.63) is 0 Å². The number of aliphatic carboxylic acids is 1. The van der Waals surface area contributed by atoms with E-state index >= 15 is 0 Å². The zero-order valence-electron chi connectivity index (χ0n) is 5.90. The van der Waals surface area contributed by atoms with Crippen molar-refractivity contribution in [2.24, 2.45) is 5.41 Å². The minimum Gasteiger partial charge on any atom is -0.481 e. The first-order valence-corrected chi connectivity index (χ1v) is 3.84. The molecule has 2 nitrogen and oxygen atoms in total. The lowest BCUT2D eigenvalue weighted by Gasteiger charge is -2.23. The maximum Gasteiger partial charge on any atom is 0.312 e. The normalized spacial score (nSPS) is 16.9. The number of halogens is 2. The Morgan fingerprint density at radius 2 is 2.10 bits per heavy atom. The van der Waals surface area contributed by atoms with E-state index < -0.39 is 16.2 Å². The maximum absolute atomic E-state index is 10.5. The van der Waals surface area contributed by atoms with Gasteiger partial charge in [-0.2, -0.15) is 0 Å². The van der Waals surface area contributed by atoms with Crippen molar-refractivity contribution in [3.8, 4) is 0 Å². The third kappa shape index (κ3) is 1.77. The van der Waals surface area contributed by atoms with E-state index in [1.54, 1.807) is 6.92 Å². The Hall–Kier alpha value is 0.0500. The van der Waals surface area contributed by atoms with E-state index in [0.29, 0.717) is 6.42 Å². The van der Waals surface area contributed by atoms with Crippen molar-refractivity contribution < 1.29 is 9.90 Å². The Morgan fingerprint density at radius 1 is 1.70 bits per heavy atom. The van der Waals surface area contributed by atoms with Gasteiger partial charge in [0.2, 0.25) is 0 Å². The number of hydrogen-bond acceptors (Lipinski definition) is 1. The largest absolute Gasteiger partial charge is 0.481 e. The summed E-state index contributed by atoms with van der Waals surface area (Å²) in [6.07, 6.45) is 0.431. The second kappa shape index (κ2) is 3.44. The Bertz CT molecular complexity index is 136. The molecule has 0 aliphatic heterocycles. The van der Waals surface area contributed by atoms with E-state index in [9.17, 15) is 4.79 Å². The van der Waals surface area contributed by atoms with Gasteiger partial charge in [0.25, 0.3) is 0 Å². The summed E-state index contributed by atoms with van der Waals surface area (Å²) in [7, 11) is 0. The van der Waals surface area contributed by atoms with Gasteiger partial charge in [-0.25, -0.2) is 0 Å². The zero-order chi connectivity index (χ0) is 8.36. The van der Waals surface area contributed by atoms with Gasteiger partial charge in [0.15, 0.2) is 0 Å². The molecular formula is C6H10Cl2O2. The number of alkyl halides is 2. The number of rotatable bonds is 3. The highest BCUT2D eigenvalue weighted by Gasteiger charge is 2.37. The van der Waals surface area contributed by atoms with Gasteiger partial charge in [0.05, 0.1) is 5.41 Å². The molecule has 0 rings (SSSR count). The van der Waals surface area contributed by atoms with Crippen LogP contribution in [0.15, 0.2) is 0 Å². The number of carboxylic acid groups (broad SMARTS) is 1. The summed E-state index contributed by atoms with van der Waals surface area (Å²) in [6, 6.07) is 0. The fraction of sp³-hybridized carbons (Fsp3) is 0.833. The van der Waals surface area contributed by atoms with Gasteiger partial charge in [-0.1, -0.05) is 6.92 Å². The predicted octanol–water partition coefficient (Wildman–Crippen LogP) is 2.29. The van der Waals surface area contributed by atoms with Crippen molar-refractivity contribution in [2.45, 2.75) is 25.1 Å². The zero-order valence-corrected chi connectivity index (χ0v) is 7.41. The summed E-state index contributed by atoms with van der Waals surface area (Å²) >= 11 is 10.9. The van der Waals surface area contributed by atoms with E-state index in [-0.39, 0.29) is 0 Å². The standard InChI is InChI=1S/C6H10Cl2O2/c1-3-6(2,4(7)8)5(9)10/h4H,3H2,1-2H3,(H,9,10). The van der Waals surface area contributed by atoms with Gasteiger partial charge in [-0.15, -0.1) is 23.2 Å². The van der Waals surface area contributed by atoms with Crippen LogP contribution in [-0.4, -0.2) is 15.9 Å². The lowest BCUT2D eigenvalue weighted by molar-refractivity contribution is -0.147. The van der Waals surface area contributed by atoms with Crippen LogP contribution in [0.5, 0.6) is 0 Å². The van der Waals surface area contributed by atoms with Crippen LogP contribution in [-0.2, 0) is 4.79 Å². The number of carboxylic acids is 1. The molecule has 0 heterocycles. The van der Waals surface area contributed by atoms with Crippen LogP contribution >= 0.6 is 23.2 Å². The maximum atomic E-state index is 10.5. The van der Waals surface area contributed by atoms with Gasteiger partial charge in [0, 0.05) is 0 Å². The number of hydrogen-bond donors (Lipinski definition) is 1. The molecular weight excluding hydrogens is 175 g/mol. The molecule has 10 heavy (non-hydrogen) atoms. The monoisotopic (exact) mass is 184 g/mol. The molecule has 1 atom stereocenters. The third-order valence-corrected chi connectivity index (χ3v) is 2.67. The summed E-state index contributed by atoms with van der Waals surface area (Å²) in [5, 5.41) is 8.63. The molecule has 0 fully saturated rings. The molecule has 0 spiro atoms. The van der Waals surface area contributed by atoms with E-state index in [1.165, 1.54) is 6.92 Å².